The Bertz CT molecular complexity index is 1750. The fourth-order valence-electron chi connectivity index (χ4n) is 8.74. The molecule has 0 amide bonds. The largest absolute Gasteiger partial charge is 0.462 e. The van der Waals surface area contributed by atoms with Crippen LogP contribution in [-0.4, -0.2) is 37.2 Å². The Kier molecular flexibility index (Phi) is 62.9. The molecule has 1 atom stereocenters. The number of esters is 3. The lowest BCUT2D eigenvalue weighted by Gasteiger charge is -2.18. The zero-order chi connectivity index (χ0) is 57.8. The minimum absolute atomic E-state index is 0.0953. The van der Waals surface area contributed by atoms with Crippen molar-refractivity contribution in [3.63, 3.8) is 0 Å². The topological polar surface area (TPSA) is 78.9 Å². The lowest BCUT2D eigenvalue weighted by Crippen LogP contribution is -2.30. The minimum atomic E-state index is -0.798. The highest BCUT2D eigenvalue weighted by molar-refractivity contribution is 5.71. The Labute approximate surface area is 493 Å². The molecule has 0 bridgehead atoms. The first kappa shape index (κ1) is 75.3. The monoisotopic (exact) mass is 1100 g/mol. The van der Waals surface area contributed by atoms with Crippen molar-refractivity contribution in [2.75, 3.05) is 13.2 Å². The SMILES string of the molecule is CC/C=C\C/C=C\C/C=C\C/C=C\C/C=C\C/C=C\C/C=C\C/C=C\C/C=C\CCCCCCCCCC(=O)OCC(COC(=O)CCCCC/C=C\C/C=C\C/C=C\CC)OC(=O)CCCCCCCCCCCCCCCC. The van der Waals surface area contributed by atoms with E-state index >= 15 is 0 Å². The van der Waals surface area contributed by atoms with E-state index in [-0.39, 0.29) is 31.1 Å². The van der Waals surface area contributed by atoms with E-state index in [9.17, 15) is 14.4 Å². The Morgan fingerprint density at radius 2 is 0.487 bits per heavy atom. The third kappa shape index (κ3) is 64.1. The highest BCUT2D eigenvalue weighted by Gasteiger charge is 2.19. The minimum Gasteiger partial charge on any atom is -0.462 e. The molecule has 0 aliphatic heterocycles. The van der Waals surface area contributed by atoms with Crippen LogP contribution < -0.4 is 0 Å². The van der Waals surface area contributed by atoms with Crippen molar-refractivity contribution >= 4 is 17.9 Å². The summed E-state index contributed by atoms with van der Waals surface area (Å²) in [5.41, 5.74) is 0. The molecule has 0 N–H and O–H groups in total. The number of carbonyl (C=O) groups is 3. The van der Waals surface area contributed by atoms with E-state index in [1.807, 2.05) is 0 Å². The van der Waals surface area contributed by atoms with Gasteiger partial charge >= 0.3 is 17.9 Å². The second-order valence-corrected chi connectivity index (χ2v) is 21.3. The molecule has 0 rings (SSSR count). The predicted octanol–water partition coefficient (Wildman–Crippen LogP) is 22.7. The van der Waals surface area contributed by atoms with E-state index < -0.39 is 6.10 Å². The van der Waals surface area contributed by atoms with Crippen LogP contribution in [-0.2, 0) is 28.6 Å². The molecule has 6 nitrogen and oxygen atoms in total. The van der Waals surface area contributed by atoms with Crippen molar-refractivity contribution in [3.05, 3.63) is 146 Å². The Balaban J connectivity index is 4.27. The number of ether oxygens (including phenoxy) is 3. The quantitative estimate of drug-likeness (QED) is 0.0261. The first-order valence-electron chi connectivity index (χ1n) is 32.8. The van der Waals surface area contributed by atoms with Crippen LogP contribution in [0.15, 0.2) is 146 Å². The van der Waals surface area contributed by atoms with E-state index in [0.717, 1.165) is 148 Å². The van der Waals surface area contributed by atoms with Crippen LogP contribution in [0.25, 0.3) is 0 Å². The van der Waals surface area contributed by atoms with Gasteiger partial charge in [0, 0.05) is 19.3 Å². The van der Waals surface area contributed by atoms with Gasteiger partial charge in [0.2, 0.25) is 0 Å². The van der Waals surface area contributed by atoms with Crippen molar-refractivity contribution in [3.8, 4) is 0 Å². The third-order valence-electron chi connectivity index (χ3n) is 13.6. The average molecular weight is 1110 g/mol. The van der Waals surface area contributed by atoms with E-state index in [1.165, 1.54) is 96.3 Å². The highest BCUT2D eigenvalue weighted by Crippen LogP contribution is 2.16. The van der Waals surface area contributed by atoms with E-state index in [4.69, 9.17) is 14.2 Å². The second kappa shape index (κ2) is 66.8. The first-order chi connectivity index (χ1) is 39.5. The number of hydrogen-bond acceptors (Lipinski definition) is 6. The zero-order valence-electron chi connectivity index (χ0n) is 51.8. The maximum absolute atomic E-state index is 12.9. The molecule has 0 fully saturated rings. The summed E-state index contributed by atoms with van der Waals surface area (Å²) in [6, 6.07) is 0. The Morgan fingerprint density at radius 1 is 0.263 bits per heavy atom. The van der Waals surface area contributed by atoms with E-state index in [2.05, 4.69) is 167 Å². The summed E-state index contributed by atoms with van der Waals surface area (Å²) in [5.74, 6) is -0.933. The van der Waals surface area contributed by atoms with Gasteiger partial charge in [0.15, 0.2) is 6.10 Å². The van der Waals surface area contributed by atoms with Crippen LogP contribution in [0.5, 0.6) is 0 Å². The summed E-state index contributed by atoms with van der Waals surface area (Å²) in [6.07, 6.45) is 95.8. The summed E-state index contributed by atoms with van der Waals surface area (Å²) < 4.78 is 16.9. The molecule has 0 heterocycles. The second-order valence-electron chi connectivity index (χ2n) is 21.3. The van der Waals surface area contributed by atoms with Gasteiger partial charge in [-0.3, -0.25) is 14.4 Å². The normalized spacial score (nSPS) is 13.1. The zero-order valence-corrected chi connectivity index (χ0v) is 51.8. The molecule has 0 aromatic heterocycles. The summed E-state index contributed by atoms with van der Waals surface area (Å²) >= 11 is 0. The number of carbonyl (C=O) groups excluding carboxylic acids is 3. The van der Waals surface area contributed by atoms with E-state index in [1.54, 1.807) is 0 Å². The van der Waals surface area contributed by atoms with Gasteiger partial charge in [0.1, 0.15) is 13.2 Å². The van der Waals surface area contributed by atoms with Crippen LogP contribution in [0, 0.1) is 0 Å². The molecule has 0 saturated heterocycles. The Morgan fingerprint density at radius 3 is 0.775 bits per heavy atom. The number of allylic oxidation sites excluding steroid dienone is 24. The summed E-state index contributed by atoms with van der Waals surface area (Å²) in [6.45, 7) is 6.38. The third-order valence-corrected chi connectivity index (χ3v) is 13.6. The molecule has 0 saturated carbocycles. The van der Waals surface area contributed by atoms with Gasteiger partial charge < -0.3 is 14.2 Å². The molecule has 0 spiro atoms. The van der Waals surface area contributed by atoms with Crippen LogP contribution >= 0.6 is 0 Å². The molecule has 0 radical (unpaired) electrons. The van der Waals surface area contributed by atoms with Gasteiger partial charge in [-0.05, 0) is 122 Å². The molecule has 0 aliphatic carbocycles. The van der Waals surface area contributed by atoms with Gasteiger partial charge in [-0.25, -0.2) is 0 Å². The molecular formula is C74H120O6. The van der Waals surface area contributed by atoms with Crippen molar-refractivity contribution in [1.82, 2.24) is 0 Å². The lowest BCUT2D eigenvalue weighted by molar-refractivity contribution is -0.167. The van der Waals surface area contributed by atoms with Crippen molar-refractivity contribution in [2.24, 2.45) is 0 Å². The molecule has 0 aliphatic rings. The summed E-state index contributed by atoms with van der Waals surface area (Å²) in [4.78, 5) is 38.2. The van der Waals surface area contributed by atoms with Crippen molar-refractivity contribution < 1.29 is 28.6 Å². The smallest absolute Gasteiger partial charge is 0.306 e. The maximum atomic E-state index is 12.9. The Hall–Kier alpha value is -4.71. The molecule has 6 heteroatoms. The molecule has 0 aromatic carbocycles. The fraction of sp³-hybridized carbons (Fsp3) is 0.635. The van der Waals surface area contributed by atoms with Gasteiger partial charge in [-0.2, -0.15) is 0 Å². The van der Waals surface area contributed by atoms with Crippen LogP contribution in [0.1, 0.15) is 284 Å². The van der Waals surface area contributed by atoms with Gasteiger partial charge in [0.25, 0.3) is 0 Å². The number of hydrogen-bond donors (Lipinski definition) is 0. The molecule has 80 heavy (non-hydrogen) atoms. The molecule has 452 valence electrons. The number of rotatable bonds is 58. The van der Waals surface area contributed by atoms with Gasteiger partial charge in [0.05, 0.1) is 0 Å². The van der Waals surface area contributed by atoms with Crippen LogP contribution in [0.3, 0.4) is 0 Å². The maximum Gasteiger partial charge on any atom is 0.306 e. The van der Waals surface area contributed by atoms with Gasteiger partial charge in [-0.1, -0.05) is 289 Å². The lowest BCUT2D eigenvalue weighted by atomic mass is 10.0. The molecule has 1 unspecified atom stereocenters. The van der Waals surface area contributed by atoms with Crippen LogP contribution in [0.4, 0.5) is 0 Å². The average Bonchev–Trinajstić information content (AvgIpc) is 3.46. The summed E-state index contributed by atoms with van der Waals surface area (Å²) in [5, 5.41) is 0. The molecule has 0 aromatic rings. The number of unbranched alkanes of at least 4 members (excludes halogenated alkanes) is 23. The van der Waals surface area contributed by atoms with Crippen LogP contribution in [0.2, 0.25) is 0 Å². The van der Waals surface area contributed by atoms with Crippen molar-refractivity contribution in [1.29, 1.82) is 0 Å². The molecular weight excluding hydrogens is 985 g/mol. The predicted molar refractivity (Wildman–Crippen MR) is 348 cm³/mol. The fourth-order valence-corrected chi connectivity index (χ4v) is 8.74. The van der Waals surface area contributed by atoms with E-state index in [0.29, 0.717) is 19.3 Å². The van der Waals surface area contributed by atoms with Gasteiger partial charge in [-0.15, -0.1) is 0 Å². The first-order valence-corrected chi connectivity index (χ1v) is 32.8. The summed E-state index contributed by atoms with van der Waals surface area (Å²) in [7, 11) is 0. The highest BCUT2D eigenvalue weighted by atomic mass is 16.6. The van der Waals surface area contributed by atoms with Crippen molar-refractivity contribution in [2.45, 2.75) is 290 Å². The standard InChI is InChI=1S/C74H120O6/c1-4-7-10-13-16-19-22-25-27-28-29-30-31-32-33-34-35-36-37-38-39-40-41-42-43-44-45-46-47-50-52-55-58-61-64-67-73(76)79-70-71(69-78-72(75)66-63-60-57-54-51-48-24-21-18-15-12-9-6-3)80-74(77)68-65-62-59-56-53-49-26-23-20-17-14-11-8-5-2/h7,9-10,12,16,18-19,21,25,27,29-30,32-33,35-36,38-39,41-42,44-45,48,51,71H,4-6,8,11,13-15,17,20,22-24,26,28,31,34,37,40,43,46-47,49-50,52-70H2,1-3H3/b10-7-,12-9-,19-16-,21-18-,27-25-,30-29-,33-32-,36-35-,39-38-,42-41-,45-44-,51-48-.